The Morgan fingerprint density at radius 3 is 2.79 bits per heavy atom. The van der Waals surface area contributed by atoms with E-state index in [9.17, 15) is 4.79 Å². The van der Waals surface area contributed by atoms with Crippen LogP contribution in [-0.4, -0.2) is 37.7 Å². The molecule has 8 nitrogen and oxygen atoms in total. The highest BCUT2D eigenvalue weighted by atomic mass is 32.1. The molecule has 0 spiro atoms. The number of thiophene rings is 1. The quantitative estimate of drug-likeness (QED) is 0.575. The molecule has 3 N–H and O–H groups in total. The van der Waals surface area contributed by atoms with Crippen LogP contribution in [0.2, 0.25) is 0 Å². The fourth-order valence-electron chi connectivity index (χ4n) is 3.43. The molecule has 3 aromatic heterocycles. The summed E-state index contributed by atoms with van der Waals surface area (Å²) < 4.78 is 2.77. The second-order valence-electron chi connectivity index (χ2n) is 6.87. The van der Waals surface area contributed by atoms with Crippen LogP contribution in [0.25, 0.3) is 10.2 Å². The van der Waals surface area contributed by atoms with Crippen LogP contribution in [0, 0.1) is 12.3 Å². The number of nitrogens with one attached hydrogen (secondary N) is 3. The van der Waals surface area contributed by atoms with E-state index in [0.29, 0.717) is 12.0 Å². The number of hydrogen-bond donors (Lipinski definition) is 3. The van der Waals surface area contributed by atoms with E-state index in [1.54, 1.807) is 22.2 Å². The number of aromatic nitrogens is 4. The van der Waals surface area contributed by atoms with Gasteiger partial charge >= 0.3 is 0 Å². The van der Waals surface area contributed by atoms with E-state index in [2.05, 4.69) is 32.0 Å². The molecule has 0 atom stereocenters. The summed E-state index contributed by atoms with van der Waals surface area (Å²) in [5, 5.41) is 15.8. The molecule has 9 heteroatoms. The van der Waals surface area contributed by atoms with Crippen LogP contribution in [0.3, 0.4) is 0 Å². The largest absolute Gasteiger partial charge is 0.366 e. The molecule has 0 unspecified atom stereocenters. The van der Waals surface area contributed by atoms with Gasteiger partial charge in [0.05, 0.1) is 22.1 Å². The molecule has 0 saturated heterocycles. The first-order valence-corrected chi connectivity index (χ1v) is 10.0. The van der Waals surface area contributed by atoms with Gasteiger partial charge in [-0.3, -0.25) is 9.48 Å². The van der Waals surface area contributed by atoms with E-state index in [-0.39, 0.29) is 11.9 Å². The lowest BCUT2D eigenvalue weighted by Gasteiger charge is -2.29. The maximum Gasteiger partial charge on any atom is 0.295 e. The van der Waals surface area contributed by atoms with Crippen LogP contribution in [-0.2, 0) is 11.8 Å². The number of nitrogens with zero attached hydrogens (tertiary/aromatic N) is 4. The van der Waals surface area contributed by atoms with Crippen molar-refractivity contribution in [3.05, 3.63) is 23.8 Å². The van der Waals surface area contributed by atoms with Crippen LogP contribution in [0.4, 0.5) is 17.5 Å². The predicted octanol–water partition coefficient (Wildman–Crippen LogP) is 2.64. The number of terminal acetylenes is 1. The van der Waals surface area contributed by atoms with Gasteiger partial charge in [0, 0.05) is 25.3 Å². The van der Waals surface area contributed by atoms with Crippen molar-refractivity contribution < 1.29 is 4.79 Å². The Kier molecular flexibility index (Phi) is 5.12. The molecule has 1 aliphatic rings. The van der Waals surface area contributed by atoms with E-state index in [4.69, 9.17) is 11.4 Å². The second-order valence-corrected chi connectivity index (χ2v) is 7.79. The van der Waals surface area contributed by atoms with Crippen molar-refractivity contribution in [1.82, 2.24) is 25.1 Å². The predicted molar refractivity (Wildman–Crippen MR) is 111 cm³/mol. The summed E-state index contributed by atoms with van der Waals surface area (Å²) in [6.07, 6.45) is 12.4. The molecular formula is C19H21N7OS. The molecule has 3 aromatic rings. The van der Waals surface area contributed by atoms with E-state index in [0.717, 1.165) is 47.4 Å². The van der Waals surface area contributed by atoms with Crippen LogP contribution in [0.1, 0.15) is 25.7 Å². The lowest BCUT2D eigenvalue weighted by Crippen LogP contribution is -2.39. The molecule has 0 aromatic carbocycles. The highest BCUT2D eigenvalue weighted by molar-refractivity contribution is 7.17. The normalized spacial score (nSPS) is 19.1. The Labute approximate surface area is 166 Å². The first-order valence-electron chi connectivity index (χ1n) is 9.15. The van der Waals surface area contributed by atoms with Gasteiger partial charge in [0.25, 0.3) is 5.91 Å². The first-order chi connectivity index (χ1) is 13.6. The Morgan fingerprint density at radius 2 is 2.07 bits per heavy atom. The molecule has 3 heterocycles. The van der Waals surface area contributed by atoms with Gasteiger partial charge in [-0.05, 0) is 43.1 Å². The van der Waals surface area contributed by atoms with Crippen molar-refractivity contribution in [2.75, 3.05) is 10.6 Å². The minimum atomic E-state index is -0.335. The number of carbonyl (C=O) groups is 1. The second kappa shape index (κ2) is 7.86. The van der Waals surface area contributed by atoms with Crippen molar-refractivity contribution in [3.8, 4) is 12.3 Å². The minimum Gasteiger partial charge on any atom is -0.366 e. The third kappa shape index (κ3) is 4.07. The Bertz CT molecular complexity index is 1030. The van der Waals surface area contributed by atoms with Crippen LogP contribution >= 0.6 is 11.3 Å². The van der Waals surface area contributed by atoms with Crippen molar-refractivity contribution in [3.63, 3.8) is 0 Å². The highest BCUT2D eigenvalue weighted by Gasteiger charge is 2.23. The van der Waals surface area contributed by atoms with Gasteiger partial charge in [0.15, 0.2) is 0 Å². The van der Waals surface area contributed by atoms with Gasteiger partial charge in [-0.25, -0.2) is 4.98 Å². The van der Waals surface area contributed by atoms with Crippen molar-refractivity contribution in [2.45, 2.75) is 37.8 Å². The molecule has 0 aliphatic heterocycles. The maximum atomic E-state index is 11.4. The minimum absolute atomic E-state index is 0.150. The zero-order valence-corrected chi connectivity index (χ0v) is 16.3. The van der Waals surface area contributed by atoms with Gasteiger partial charge < -0.3 is 16.0 Å². The number of anilines is 3. The fourth-order valence-corrected chi connectivity index (χ4v) is 4.22. The highest BCUT2D eigenvalue weighted by Crippen LogP contribution is 2.30. The summed E-state index contributed by atoms with van der Waals surface area (Å²) >= 11 is 1.62. The molecule has 1 aliphatic carbocycles. The van der Waals surface area contributed by atoms with Crippen molar-refractivity contribution >= 4 is 44.9 Å². The molecule has 4 rings (SSSR count). The number of aryl methyl sites for hydroxylation is 1. The molecule has 1 amide bonds. The van der Waals surface area contributed by atoms with E-state index < -0.39 is 0 Å². The molecule has 0 bridgehead atoms. The fraction of sp³-hybridized carbons (Fsp3) is 0.368. The van der Waals surface area contributed by atoms with Gasteiger partial charge in [0.1, 0.15) is 5.82 Å². The summed E-state index contributed by atoms with van der Waals surface area (Å²) in [7, 11) is 1.86. The van der Waals surface area contributed by atoms with E-state index >= 15 is 0 Å². The molecule has 144 valence electrons. The zero-order valence-electron chi connectivity index (χ0n) is 15.5. The molecule has 28 heavy (non-hydrogen) atoms. The number of hydrogen-bond acceptors (Lipinski definition) is 7. The smallest absolute Gasteiger partial charge is 0.295 e. The zero-order chi connectivity index (χ0) is 19.5. The van der Waals surface area contributed by atoms with Crippen LogP contribution < -0.4 is 16.0 Å². The molecule has 0 radical (unpaired) electrons. The first kappa shape index (κ1) is 18.3. The maximum absolute atomic E-state index is 11.4. The Morgan fingerprint density at radius 1 is 1.29 bits per heavy atom. The van der Waals surface area contributed by atoms with E-state index in [1.165, 1.54) is 0 Å². The molecular weight excluding hydrogens is 374 g/mol. The SMILES string of the molecule is C#CC(=O)NC1CCC(Nc2nc(Nc3cnn(C)c3)nc3ccsc23)CC1. The lowest BCUT2D eigenvalue weighted by molar-refractivity contribution is -0.116. The van der Waals surface area contributed by atoms with Gasteiger partial charge in [-0.15, -0.1) is 17.8 Å². The standard InChI is InChI=1S/C19H21N7OS/c1-3-16(27)21-12-4-6-13(7-5-12)22-18-17-15(8-9-28-17)24-19(25-18)23-14-10-20-26(2)11-14/h1,8-13H,4-7H2,2H3,(H,21,27)(H2,22,23,24,25). The third-order valence-electron chi connectivity index (χ3n) is 4.80. The summed E-state index contributed by atoms with van der Waals surface area (Å²) in [5.74, 6) is 3.15. The lowest BCUT2D eigenvalue weighted by atomic mass is 9.91. The number of amides is 1. The van der Waals surface area contributed by atoms with Gasteiger partial charge in [0.2, 0.25) is 5.95 Å². The third-order valence-corrected chi connectivity index (χ3v) is 5.71. The number of rotatable bonds is 5. The monoisotopic (exact) mass is 395 g/mol. The Hall–Kier alpha value is -3.12. The average Bonchev–Trinajstić information content (AvgIpc) is 3.32. The number of carbonyl (C=O) groups excluding carboxylic acids is 1. The Balaban J connectivity index is 1.47. The van der Waals surface area contributed by atoms with Gasteiger partial charge in [-0.2, -0.15) is 10.1 Å². The molecule has 1 saturated carbocycles. The summed E-state index contributed by atoms with van der Waals surface area (Å²) in [6.45, 7) is 0. The topological polar surface area (TPSA) is 96.8 Å². The van der Waals surface area contributed by atoms with Gasteiger partial charge in [-0.1, -0.05) is 0 Å². The van der Waals surface area contributed by atoms with E-state index in [1.807, 2.05) is 24.7 Å². The van der Waals surface area contributed by atoms with Crippen molar-refractivity contribution in [2.24, 2.45) is 7.05 Å². The summed E-state index contributed by atoms with van der Waals surface area (Å²) in [6, 6.07) is 2.44. The average molecular weight is 395 g/mol. The molecule has 1 fully saturated rings. The number of fused-ring (bicyclic) bond motifs is 1. The van der Waals surface area contributed by atoms with Crippen LogP contribution in [0.15, 0.2) is 23.8 Å². The summed E-state index contributed by atoms with van der Waals surface area (Å²) in [5.41, 5.74) is 1.75. The van der Waals surface area contributed by atoms with Crippen LogP contribution in [0.5, 0.6) is 0 Å². The van der Waals surface area contributed by atoms with Crippen molar-refractivity contribution in [1.29, 1.82) is 0 Å². The summed E-state index contributed by atoms with van der Waals surface area (Å²) in [4.78, 5) is 20.7.